The van der Waals surface area contributed by atoms with Gasteiger partial charge >= 0.3 is 0 Å². The van der Waals surface area contributed by atoms with Gasteiger partial charge < -0.3 is 10.1 Å². The van der Waals surface area contributed by atoms with Gasteiger partial charge in [0.1, 0.15) is 0 Å². The Kier molecular flexibility index (Phi) is 3.82. The lowest BCUT2D eigenvalue weighted by Gasteiger charge is -2.23. The molecule has 0 atom stereocenters. The number of aryl methyl sites for hydroxylation is 1. The van der Waals surface area contributed by atoms with E-state index in [1.165, 1.54) is 0 Å². The van der Waals surface area contributed by atoms with Crippen LogP contribution in [0, 0.1) is 0 Å². The van der Waals surface area contributed by atoms with E-state index in [0.29, 0.717) is 13.1 Å². The van der Waals surface area contributed by atoms with Crippen LogP contribution in [0.4, 0.5) is 0 Å². The summed E-state index contributed by atoms with van der Waals surface area (Å²) in [6, 6.07) is 0. The second kappa shape index (κ2) is 5.20. The zero-order valence-corrected chi connectivity index (χ0v) is 11.3. The highest BCUT2D eigenvalue weighted by atomic mass is 16.5. The average molecular weight is 251 g/mol. The fourth-order valence-corrected chi connectivity index (χ4v) is 2.04. The molecule has 1 aliphatic heterocycles. The number of rotatable bonds is 4. The van der Waals surface area contributed by atoms with E-state index in [2.05, 4.69) is 10.3 Å². The molecule has 0 aromatic carbocycles. The molecule has 0 saturated carbocycles. The van der Waals surface area contributed by atoms with Gasteiger partial charge in [0.2, 0.25) is 0 Å². The Morgan fingerprint density at radius 2 is 2.33 bits per heavy atom. The molecule has 0 saturated heterocycles. The molecular weight excluding hydrogens is 230 g/mol. The third-order valence-corrected chi connectivity index (χ3v) is 3.57. The van der Waals surface area contributed by atoms with Crippen molar-refractivity contribution in [1.82, 2.24) is 14.9 Å². The molecule has 1 aromatic rings. The summed E-state index contributed by atoms with van der Waals surface area (Å²) >= 11 is 0. The van der Waals surface area contributed by atoms with E-state index in [1.807, 2.05) is 13.8 Å². The zero-order valence-electron chi connectivity index (χ0n) is 11.3. The van der Waals surface area contributed by atoms with Gasteiger partial charge in [-0.2, -0.15) is 0 Å². The molecule has 1 aliphatic rings. The monoisotopic (exact) mass is 251 g/mol. The second-order valence-corrected chi connectivity index (χ2v) is 5.31. The van der Waals surface area contributed by atoms with Gasteiger partial charge in [-0.1, -0.05) is 0 Å². The minimum absolute atomic E-state index is 0.105. The predicted octanol–water partition coefficient (Wildman–Crippen LogP) is 0.704. The van der Waals surface area contributed by atoms with Crippen LogP contribution in [0.3, 0.4) is 0 Å². The normalized spacial score (nSPS) is 15.5. The standard InChI is InChI=1S/C13H21N3O2/c1-13(2,18-3)5-7-16-9-15-11-8-14-6-4-10(11)12(16)17/h9,14H,4-8H2,1-3H3. The van der Waals surface area contributed by atoms with Gasteiger partial charge in [0, 0.05) is 25.8 Å². The summed E-state index contributed by atoms with van der Waals surface area (Å²) < 4.78 is 7.07. The van der Waals surface area contributed by atoms with Gasteiger partial charge in [0.25, 0.3) is 5.56 Å². The fourth-order valence-electron chi connectivity index (χ4n) is 2.04. The van der Waals surface area contributed by atoms with Crippen LogP contribution in [0.5, 0.6) is 0 Å². The summed E-state index contributed by atoms with van der Waals surface area (Å²) in [5.74, 6) is 0. The second-order valence-electron chi connectivity index (χ2n) is 5.31. The van der Waals surface area contributed by atoms with Gasteiger partial charge in [-0.3, -0.25) is 9.36 Å². The predicted molar refractivity (Wildman–Crippen MR) is 69.6 cm³/mol. The number of aromatic nitrogens is 2. The number of hydrogen-bond donors (Lipinski definition) is 1. The number of hydrogen-bond acceptors (Lipinski definition) is 4. The molecule has 5 nitrogen and oxygen atoms in total. The summed E-state index contributed by atoms with van der Waals surface area (Å²) in [5, 5.41) is 3.22. The molecule has 1 aromatic heterocycles. The maximum atomic E-state index is 12.3. The van der Waals surface area contributed by atoms with Crippen molar-refractivity contribution in [3.8, 4) is 0 Å². The Balaban J connectivity index is 2.17. The van der Waals surface area contributed by atoms with E-state index in [9.17, 15) is 4.79 Å². The summed E-state index contributed by atoms with van der Waals surface area (Å²) in [5.41, 5.74) is 1.66. The first-order valence-corrected chi connectivity index (χ1v) is 6.36. The highest BCUT2D eigenvalue weighted by molar-refractivity contribution is 5.19. The van der Waals surface area contributed by atoms with Crippen molar-refractivity contribution in [2.75, 3.05) is 13.7 Å². The smallest absolute Gasteiger partial charge is 0.256 e. The molecule has 0 spiro atoms. The van der Waals surface area contributed by atoms with Gasteiger partial charge in [0.15, 0.2) is 0 Å². The Morgan fingerprint density at radius 1 is 1.56 bits per heavy atom. The number of methoxy groups -OCH3 is 1. The van der Waals surface area contributed by atoms with Crippen molar-refractivity contribution in [2.24, 2.45) is 0 Å². The van der Waals surface area contributed by atoms with Gasteiger partial charge in [-0.25, -0.2) is 4.98 Å². The summed E-state index contributed by atoms with van der Waals surface area (Å²) in [6.07, 6.45) is 3.22. The van der Waals surface area contributed by atoms with E-state index in [4.69, 9.17) is 4.74 Å². The van der Waals surface area contributed by atoms with Crippen LogP contribution < -0.4 is 10.9 Å². The topological polar surface area (TPSA) is 56.2 Å². The summed E-state index contributed by atoms with van der Waals surface area (Å²) in [4.78, 5) is 16.6. The van der Waals surface area contributed by atoms with Crippen molar-refractivity contribution in [3.63, 3.8) is 0 Å². The number of nitrogens with one attached hydrogen (secondary N) is 1. The van der Waals surface area contributed by atoms with E-state index in [-0.39, 0.29) is 11.2 Å². The third kappa shape index (κ3) is 2.79. The third-order valence-electron chi connectivity index (χ3n) is 3.57. The SMILES string of the molecule is COC(C)(C)CCn1cnc2c(c1=O)CCNC2. The molecule has 0 bridgehead atoms. The Hall–Kier alpha value is -1.20. The van der Waals surface area contributed by atoms with Crippen molar-refractivity contribution < 1.29 is 4.74 Å². The fraction of sp³-hybridized carbons (Fsp3) is 0.692. The highest BCUT2D eigenvalue weighted by Crippen LogP contribution is 2.14. The lowest BCUT2D eigenvalue weighted by Crippen LogP contribution is -2.35. The van der Waals surface area contributed by atoms with Crippen molar-refractivity contribution in [2.45, 2.75) is 45.4 Å². The molecule has 0 aliphatic carbocycles. The lowest BCUT2D eigenvalue weighted by atomic mass is 10.0. The van der Waals surface area contributed by atoms with E-state index in [0.717, 1.165) is 30.6 Å². The molecule has 2 rings (SSSR count). The molecular formula is C13H21N3O2. The quantitative estimate of drug-likeness (QED) is 0.856. The molecule has 5 heteroatoms. The van der Waals surface area contributed by atoms with Gasteiger partial charge in [0.05, 0.1) is 17.6 Å². The zero-order chi connectivity index (χ0) is 13.2. The molecule has 2 heterocycles. The van der Waals surface area contributed by atoms with Crippen molar-refractivity contribution in [3.05, 3.63) is 27.9 Å². The maximum absolute atomic E-state index is 12.3. The highest BCUT2D eigenvalue weighted by Gasteiger charge is 2.19. The number of nitrogens with zero attached hydrogens (tertiary/aromatic N) is 2. The van der Waals surface area contributed by atoms with Gasteiger partial charge in [-0.05, 0) is 33.2 Å². The molecule has 1 N–H and O–H groups in total. The molecule has 0 unspecified atom stereocenters. The van der Waals surface area contributed by atoms with Gasteiger partial charge in [-0.15, -0.1) is 0 Å². The molecule has 0 fully saturated rings. The first-order valence-electron chi connectivity index (χ1n) is 6.36. The first kappa shape index (κ1) is 13.2. The average Bonchev–Trinajstić information content (AvgIpc) is 2.38. The minimum atomic E-state index is -0.211. The first-order chi connectivity index (χ1) is 8.53. The van der Waals surface area contributed by atoms with Crippen LogP contribution in [-0.2, 0) is 24.2 Å². The van der Waals surface area contributed by atoms with Crippen LogP contribution in [0.15, 0.2) is 11.1 Å². The molecule has 100 valence electrons. The van der Waals surface area contributed by atoms with Crippen molar-refractivity contribution >= 4 is 0 Å². The summed E-state index contributed by atoms with van der Waals surface area (Å²) in [6.45, 7) is 6.25. The number of ether oxygens (including phenoxy) is 1. The summed E-state index contributed by atoms with van der Waals surface area (Å²) in [7, 11) is 1.69. The molecule has 0 amide bonds. The molecule has 18 heavy (non-hydrogen) atoms. The van der Waals surface area contributed by atoms with Crippen LogP contribution in [-0.4, -0.2) is 28.8 Å². The number of fused-ring (bicyclic) bond motifs is 1. The van der Waals surface area contributed by atoms with Crippen LogP contribution in [0.25, 0.3) is 0 Å². The van der Waals surface area contributed by atoms with Crippen LogP contribution >= 0.6 is 0 Å². The minimum Gasteiger partial charge on any atom is -0.379 e. The Morgan fingerprint density at radius 3 is 3.06 bits per heavy atom. The largest absolute Gasteiger partial charge is 0.379 e. The van der Waals surface area contributed by atoms with Crippen LogP contribution in [0.1, 0.15) is 31.5 Å². The maximum Gasteiger partial charge on any atom is 0.256 e. The van der Waals surface area contributed by atoms with E-state index < -0.39 is 0 Å². The van der Waals surface area contributed by atoms with Crippen molar-refractivity contribution in [1.29, 1.82) is 0 Å². The Labute approximate surface area is 107 Å². The lowest BCUT2D eigenvalue weighted by molar-refractivity contribution is 0.0117. The van der Waals surface area contributed by atoms with Crippen LogP contribution in [0.2, 0.25) is 0 Å². The van der Waals surface area contributed by atoms with E-state index in [1.54, 1.807) is 18.0 Å². The molecule has 0 radical (unpaired) electrons. The Bertz CT molecular complexity index is 480. The van der Waals surface area contributed by atoms with E-state index >= 15 is 0 Å².